The molecule has 1 heterocycles. The quantitative estimate of drug-likeness (QED) is 0.814. The molecule has 2 aromatic rings. The Labute approximate surface area is 161 Å². The van der Waals surface area contributed by atoms with Crippen LogP contribution in [0.15, 0.2) is 54.6 Å². The number of hydrogen-bond acceptors (Lipinski definition) is 2. The van der Waals surface area contributed by atoms with Crippen LogP contribution < -0.4 is 10.2 Å². The molecule has 0 saturated carbocycles. The molecule has 27 heavy (non-hydrogen) atoms. The summed E-state index contributed by atoms with van der Waals surface area (Å²) in [5, 5.41) is 3.09. The van der Waals surface area contributed by atoms with Crippen molar-refractivity contribution in [1.82, 2.24) is 5.32 Å². The van der Waals surface area contributed by atoms with Crippen molar-refractivity contribution >= 4 is 17.5 Å². The summed E-state index contributed by atoms with van der Waals surface area (Å²) in [5.41, 5.74) is 3.40. The van der Waals surface area contributed by atoms with Crippen molar-refractivity contribution in [2.45, 2.75) is 45.6 Å². The van der Waals surface area contributed by atoms with Gasteiger partial charge in [0.2, 0.25) is 11.8 Å². The monoisotopic (exact) mass is 364 g/mol. The zero-order valence-corrected chi connectivity index (χ0v) is 16.2. The molecule has 4 heteroatoms. The predicted molar refractivity (Wildman–Crippen MR) is 109 cm³/mol. The van der Waals surface area contributed by atoms with E-state index in [1.54, 1.807) is 4.90 Å². The summed E-state index contributed by atoms with van der Waals surface area (Å²) < 4.78 is 0. The van der Waals surface area contributed by atoms with E-state index < -0.39 is 0 Å². The van der Waals surface area contributed by atoms with Crippen molar-refractivity contribution in [2.75, 3.05) is 11.4 Å². The molecule has 3 rings (SSSR count). The Morgan fingerprint density at radius 1 is 1.11 bits per heavy atom. The van der Waals surface area contributed by atoms with E-state index >= 15 is 0 Å². The topological polar surface area (TPSA) is 49.4 Å². The molecule has 2 amide bonds. The Hall–Kier alpha value is -2.62. The Morgan fingerprint density at radius 2 is 1.81 bits per heavy atom. The van der Waals surface area contributed by atoms with Crippen molar-refractivity contribution in [2.24, 2.45) is 5.92 Å². The average molecular weight is 364 g/mol. The molecule has 0 aliphatic carbocycles. The third-order valence-electron chi connectivity index (χ3n) is 5.25. The van der Waals surface area contributed by atoms with E-state index in [4.69, 9.17) is 0 Å². The Morgan fingerprint density at radius 3 is 2.48 bits per heavy atom. The standard InChI is InChI=1S/C23H28N2O2/c1-3-18-11-13-21(14-12-18)25-16-20(15-22(25)26)23(27)24-17(2)9-10-19-7-5-4-6-8-19/h4-8,11-14,17,20H,3,9-10,15-16H2,1-2H3,(H,24,27). The van der Waals surface area contributed by atoms with Crippen molar-refractivity contribution in [1.29, 1.82) is 0 Å². The molecule has 0 aromatic heterocycles. The van der Waals surface area contributed by atoms with Crippen LogP contribution in [0.5, 0.6) is 0 Å². The molecular weight excluding hydrogens is 336 g/mol. The fraction of sp³-hybridized carbons (Fsp3) is 0.391. The Kier molecular flexibility index (Phi) is 6.28. The van der Waals surface area contributed by atoms with E-state index in [-0.39, 0.29) is 30.2 Å². The van der Waals surface area contributed by atoms with E-state index in [9.17, 15) is 9.59 Å². The number of benzene rings is 2. The minimum atomic E-state index is -0.275. The number of amides is 2. The third-order valence-corrected chi connectivity index (χ3v) is 5.25. The van der Waals surface area contributed by atoms with Gasteiger partial charge in [0.25, 0.3) is 0 Å². The van der Waals surface area contributed by atoms with E-state index in [2.05, 4.69) is 24.4 Å². The lowest BCUT2D eigenvalue weighted by Gasteiger charge is -2.19. The minimum Gasteiger partial charge on any atom is -0.353 e. The number of aryl methyl sites for hydroxylation is 2. The molecule has 0 spiro atoms. The second-order valence-corrected chi connectivity index (χ2v) is 7.36. The maximum absolute atomic E-state index is 12.6. The van der Waals surface area contributed by atoms with E-state index in [1.807, 2.05) is 49.4 Å². The second kappa shape index (κ2) is 8.85. The van der Waals surface area contributed by atoms with Gasteiger partial charge in [0.05, 0.1) is 5.92 Å². The van der Waals surface area contributed by atoms with Crippen LogP contribution in [0, 0.1) is 5.92 Å². The first-order chi connectivity index (χ1) is 13.1. The van der Waals surface area contributed by atoms with Crippen LogP contribution >= 0.6 is 0 Å². The lowest BCUT2D eigenvalue weighted by Crippen LogP contribution is -2.38. The lowest BCUT2D eigenvalue weighted by atomic mass is 10.0. The first-order valence-corrected chi connectivity index (χ1v) is 9.80. The highest BCUT2D eigenvalue weighted by molar-refractivity contribution is 6.00. The van der Waals surface area contributed by atoms with Gasteiger partial charge in [-0.1, -0.05) is 49.4 Å². The molecule has 2 aromatic carbocycles. The largest absolute Gasteiger partial charge is 0.353 e. The summed E-state index contributed by atoms with van der Waals surface area (Å²) in [6.45, 7) is 4.59. The molecule has 0 radical (unpaired) electrons. The summed E-state index contributed by atoms with van der Waals surface area (Å²) in [4.78, 5) is 26.7. The molecule has 2 atom stereocenters. The highest BCUT2D eigenvalue weighted by atomic mass is 16.2. The van der Waals surface area contributed by atoms with Gasteiger partial charge >= 0.3 is 0 Å². The van der Waals surface area contributed by atoms with Crippen molar-refractivity contribution in [3.8, 4) is 0 Å². The van der Waals surface area contributed by atoms with Crippen LogP contribution in [0.25, 0.3) is 0 Å². The molecule has 1 aliphatic heterocycles. The van der Waals surface area contributed by atoms with E-state index in [1.165, 1.54) is 11.1 Å². The summed E-state index contributed by atoms with van der Waals surface area (Å²) in [7, 11) is 0. The Balaban J connectivity index is 1.52. The summed E-state index contributed by atoms with van der Waals surface area (Å²) >= 11 is 0. The van der Waals surface area contributed by atoms with Crippen LogP contribution in [0.1, 0.15) is 37.8 Å². The van der Waals surface area contributed by atoms with E-state index in [0.29, 0.717) is 6.54 Å². The van der Waals surface area contributed by atoms with Crippen LogP contribution in [0.2, 0.25) is 0 Å². The maximum atomic E-state index is 12.6. The van der Waals surface area contributed by atoms with Gasteiger partial charge in [-0.2, -0.15) is 0 Å². The predicted octanol–water partition coefficient (Wildman–Crippen LogP) is 3.74. The summed E-state index contributed by atoms with van der Waals surface area (Å²) in [6, 6.07) is 18.4. The molecular formula is C23H28N2O2. The highest BCUT2D eigenvalue weighted by Gasteiger charge is 2.35. The first-order valence-electron chi connectivity index (χ1n) is 9.80. The van der Waals surface area contributed by atoms with Gasteiger partial charge in [-0.05, 0) is 49.4 Å². The van der Waals surface area contributed by atoms with E-state index in [0.717, 1.165) is 24.9 Å². The number of carbonyl (C=O) groups excluding carboxylic acids is 2. The number of carbonyl (C=O) groups is 2. The lowest BCUT2D eigenvalue weighted by molar-refractivity contribution is -0.126. The smallest absolute Gasteiger partial charge is 0.227 e. The van der Waals surface area contributed by atoms with Gasteiger partial charge in [0.1, 0.15) is 0 Å². The summed E-state index contributed by atoms with van der Waals surface area (Å²) in [5.74, 6) is -0.268. The van der Waals surface area contributed by atoms with Crippen molar-refractivity contribution in [3.63, 3.8) is 0 Å². The molecule has 1 aliphatic rings. The van der Waals surface area contributed by atoms with Gasteiger partial charge in [-0.3, -0.25) is 9.59 Å². The second-order valence-electron chi connectivity index (χ2n) is 7.36. The number of rotatable bonds is 7. The maximum Gasteiger partial charge on any atom is 0.227 e. The van der Waals surface area contributed by atoms with Crippen LogP contribution in [-0.4, -0.2) is 24.4 Å². The van der Waals surface area contributed by atoms with Gasteiger partial charge in [-0.15, -0.1) is 0 Å². The zero-order valence-electron chi connectivity index (χ0n) is 16.2. The van der Waals surface area contributed by atoms with Crippen molar-refractivity contribution in [3.05, 3.63) is 65.7 Å². The third kappa shape index (κ3) is 4.97. The van der Waals surface area contributed by atoms with Crippen LogP contribution in [0.4, 0.5) is 5.69 Å². The molecule has 1 fully saturated rings. The molecule has 1 N–H and O–H groups in total. The average Bonchev–Trinajstić information content (AvgIpc) is 3.09. The summed E-state index contributed by atoms with van der Waals surface area (Å²) in [6.07, 6.45) is 3.08. The van der Waals surface area contributed by atoms with Gasteiger partial charge in [0, 0.05) is 24.7 Å². The van der Waals surface area contributed by atoms with Gasteiger partial charge in [0.15, 0.2) is 0 Å². The fourth-order valence-electron chi connectivity index (χ4n) is 3.51. The molecule has 2 unspecified atom stereocenters. The van der Waals surface area contributed by atoms with Crippen LogP contribution in [-0.2, 0) is 22.4 Å². The molecule has 1 saturated heterocycles. The van der Waals surface area contributed by atoms with Gasteiger partial charge in [-0.25, -0.2) is 0 Å². The fourth-order valence-corrected chi connectivity index (χ4v) is 3.51. The first kappa shape index (κ1) is 19.2. The number of nitrogens with one attached hydrogen (secondary N) is 1. The van der Waals surface area contributed by atoms with Gasteiger partial charge < -0.3 is 10.2 Å². The SMILES string of the molecule is CCc1ccc(N2CC(C(=O)NC(C)CCc3ccccc3)CC2=O)cc1. The number of anilines is 1. The minimum absolute atomic E-state index is 0.0170. The normalized spacial score (nSPS) is 17.8. The number of hydrogen-bond donors (Lipinski definition) is 1. The molecule has 4 nitrogen and oxygen atoms in total. The molecule has 0 bridgehead atoms. The number of nitrogens with zero attached hydrogens (tertiary/aromatic N) is 1. The zero-order chi connectivity index (χ0) is 19.2. The van der Waals surface area contributed by atoms with Crippen molar-refractivity contribution < 1.29 is 9.59 Å². The highest BCUT2D eigenvalue weighted by Crippen LogP contribution is 2.25. The van der Waals surface area contributed by atoms with Crippen LogP contribution in [0.3, 0.4) is 0 Å². The molecule has 142 valence electrons. The Bertz CT molecular complexity index is 771.